The Balaban J connectivity index is 1.74. The third kappa shape index (κ3) is 5.25. The average Bonchev–Trinajstić information content (AvgIpc) is 3.51. The average molecular weight is 569 g/mol. The van der Waals surface area contributed by atoms with E-state index in [4.69, 9.17) is 4.74 Å². The van der Waals surface area contributed by atoms with Crippen LogP contribution in [0, 0.1) is 31.6 Å². The summed E-state index contributed by atoms with van der Waals surface area (Å²) in [5.74, 6) is -1.61. The quantitative estimate of drug-likeness (QED) is 0.197. The first-order valence-electron chi connectivity index (χ1n) is 14.6. The van der Waals surface area contributed by atoms with Crippen LogP contribution in [0.5, 0.6) is 0 Å². The Morgan fingerprint density at radius 1 is 1.18 bits per heavy atom. The predicted octanol–water partition coefficient (Wildman–Crippen LogP) is 4.83. The largest absolute Gasteiger partial charge is 0.465 e. The summed E-state index contributed by atoms with van der Waals surface area (Å²) in [5, 5.41) is 9.25. The lowest BCUT2D eigenvalue weighted by Gasteiger charge is -2.41. The molecule has 6 atom stereocenters. The molecule has 1 N–H and O–H groups in total. The van der Waals surface area contributed by atoms with E-state index >= 15 is 0 Å². The topological polar surface area (TPSA) is 87.2 Å². The molecule has 3 saturated heterocycles. The van der Waals surface area contributed by atoms with Crippen LogP contribution in [0.2, 0.25) is 0 Å². The van der Waals surface area contributed by atoms with Crippen molar-refractivity contribution in [3.05, 3.63) is 54.6 Å². The van der Waals surface area contributed by atoms with Gasteiger partial charge in [0.25, 0.3) is 5.91 Å². The van der Waals surface area contributed by atoms with Crippen LogP contribution in [-0.4, -0.2) is 70.1 Å². The number of nitrogens with zero attached hydrogens (tertiary/aromatic N) is 2. The Kier molecular flexibility index (Phi) is 9.83. The van der Waals surface area contributed by atoms with Crippen LogP contribution in [0.15, 0.2) is 43.5 Å². The number of ether oxygens (including phenoxy) is 1. The molecule has 3 fully saturated rings. The van der Waals surface area contributed by atoms with Crippen LogP contribution in [0.25, 0.3) is 0 Å². The van der Waals surface area contributed by atoms with Gasteiger partial charge in [-0.05, 0) is 69.4 Å². The molecule has 3 aliphatic rings. The van der Waals surface area contributed by atoms with Gasteiger partial charge in [-0.2, -0.15) is 0 Å². The van der Waals surface area contributed by atoms with Crippen LogP contribution in [-0.2, 0) is 19.1 Å². The zero-order valence-electron chi connectivity index (χ0n) is 24.1. The zero-order chi connectivity index (χ0) is 29.0. The number of allylic oxidation sites excluding steroid dienone is 1. The van der Waals surface area contributed by atoms with Gasteiger partial charge in [0.1, 0.15) is 6.04 Å². The molecule has 0 aliphatic carbocycles. The van der Waals surface area contributed by atoms with Gasteiger partial charge in [-0.25, -0.2) is 0 Å². The van der Waals surface area contributed by atoms with E-state index in [1.165, 1.54) is 0 Å². The number of aliphatic hydroxyl groups is 1. The molecule has 2 bridgehead atoms. The fourth-order valence-electron chi connectivity index (χ4n) is 7.17. The molecule has 4 rings (SSSR count). The second kappa shape index (κ2) is 12.9. The number of anilines is 1. The summed E-state index contributed by atoms with van der Waals surface area (Å²) in [6, 6.07) is 5.28. The Hall–Kier alpha value is -2.58. The number of likely N-dealkylation sites (tertiary alicyclic amines) is 1. The maximum atomic E-state index is 14.8. The number of hydrogen-bond donors (Lipinski definition) is 1. The fourth-order valence-corrected chi connectivity index (χ4v) is 9.58. The molecular formula is C32H44N2O5S. The number of hydrogen-bond acceptors (Lipinski definition) is 6. The number of thioether (sulfide) groups is 1. The van der Waals surface area contributed by atoms with Crippen LogP contribution < -0.4 is 4.90 Å². The van der Waals surface area contributed by atoms with Crippen molar-refractivity contribution in [3.8, 4) is 0 Å². The standard InChI is InChI=1S/C32H44N2O5S/c1-6-8-12-19-39-31(38)25-24-20-23(5)32(40-24)26(25)29(36)34(17-10-9-11-18-35)28(32)30(37)33(16-7-2)27-21(3)14-13-15-22(27)4/h6-7,13-15,23-26,28,35H,1-2,8-12,16-20H2,3-5H3/t23?,24-,25+,26-,28?,32?/m0/s1. The minimum atomic E-state index is -0.698. The summed E-state index contributed by atoms with van der Waals surface area (Å²) in [5.41, 5.74) is 2.82. The summed E-state index contributed by atoms with van der Waals surface area (Å²) in [4.78, 5) is 46.1. The summed E-state index contributed by atoms with van der Waals surface area (Å²) < 4.78 is 4.99. The molecule has 3 unspecified atom stereocenters. The number of aliphatic hydroxyl groups excluding tert-OH is 1. The van der Waals surface area contributed by atoms with Crippen molar-refractivity contribution in [1.29, 1.82) is 0 Å². The molecule has 40 heavy (non-hydrogen) atoms. The number of aryl methyl sites for hydroxylation is 2. The minimum absolute atomic E-state index is 0.0456. The number of rotatable bonds is 14. The predicted molar refractivity (Wildman–Crippen MR) is 160 cm³/mol. The molecule has 0 saturated carbocycles. The molecular weight excluding hydrogens is 524 g/mol. The molecule has 2 amide bonds. The fraction of sp³-hybridized carbons (Fsp3) is 0.594. The van der Waals surface area contributed by atoms with E-state index in [0.717, 1.165) is 36.1 Å². The molecule has 3 aliphatic heterocycles. The van der Waals surface area contributed by atoms with Gasteiger partial charge in [0.05, 0.1) is 23.2 Å². The van der Waals surface area contributed by atoms with Gasteiger partial charge in [-0.3, -0.25) is 14.4 Å². The first kappa shape index (κ1) is 30.4. The van der Waals surface area contributed by atoms with Crippen LogP contribution >= 0.6 is 11.8 Å². The van der Waals surface area contributed by atoms with Crippen molar-refractivity contribution in [1.82, 2.24) is 4.90 Å². The van der Waals surface area contributed by atoms with Gasteiger partial charge >= 0.3 is 5.97 Å². The van der Waals surface area contributed by atoms with Gasteiger partial charge in [-0.1, -0.05) is 37.3 Å². The molecule has 1 aromatic rings. The highest BCUT2D eigenvalue weighted by Crippen LogP contribution is 2.69. The number of fused-ring (bicyclic) bond motifs is 1. The van der Waals surface area contributed by atoms with Crippen molar-refractivity contribution in [3.63, 3.8) is 0 Å². The maximum absolute atomic E-state index is 14.8. The molecule has 218 valence electrons. The highest BCUT2D eigenvalue weighted by molar-refractivity contribution is 8.02. The Bertz CT molecular complexity index is 1120. The molecule has 3 heterocycles. The molecule has 7 nitrogen and oxygen atoms in total. The van der Waals surface area contributed by atoms with Gasteiger partial charge < -0.3 is 19.6 Å². The number of benzene rings is 1. The Labute approximate surface area is 243 Å². The number of esters is 1. The summed E-state index contributed by atoms with van der Waals surface area (Å²) in [6.07, 6.45) is 7.84. The number of para-hydroxylation sites is 1. The summed E-state index contributed by atoms with van der Waals surface area (Å²) in [6.45, 7) is 14.9. The second-order valence-electron chi connectivity index (χ2n) is 11.4. The third-order valence-corrected chi connectivity index (χ3v) is 11.0. The van der Waals surface area contributed by atoms with Gasteiger partial charge in [0.15, 0.2) is 0 Å². The molecule has 1 aromatic carbocycles. The number of carbonyl (C=O) groups is 3. The van der Waals surface area contributed by atoms with Gasteiger partial charge in [0, 0.05) is 30.6 Å². The Morgan fingerprint density at radius 2 is 1.90 bits per heavy atom. The summed E-state index contributed by atoms with van der Waals surface area (Å²) >= 11 is 1.67. The number of amides is 2. The molecule has 1 spiro atoms. The first-order valence-corrected chi connectivity index (χ1v) is 15.5. The zero-order valence-corrected chi connectivity index (χ0v) is 25.0. The van der Waals surface area contributed by atoms with Crippen LogP contribution in [0.1, 0.15) is 56.6 Å². The highest BCUT2D eigenvalue weighted by atomic mass is 32.2. The lowest BCUT2D eigenvalue weighted by molar-refractivity contribution is -0.154. The number of unbranched alkanes of at least 4 members (excludes halogenated alkanes) is 3. The SMILES string of the molecule is C=CCCCOC(=O)[C@@H]1[C@@H]2CC(C)C3(S2)C(C(=O)N(CC=C)c2c(C)cccc2C)N(CCCCCO)C(=O)[C@H]13. The smallest absolute Gasteiger partial charge is 0.310 e. The lowest BCUT2D eigenvalue weighted by atomic mass is 9.66. The number of carbonyl (C=O) groups excluding carboxylic acids is 3. The van der Waals surface area contributed by atoms with E-state index in [9.17, 15) is 19.5 Å². The third-order valence-electron chi connectivity index (χ3n) is 8.89. The van der Waals surface area contributed by atoms with E-state index < -0.39 is 22.6 Å². The van der Waals surface area contributed by atoms with Crippen molar-refractivity contribution in [2.75, 3.05) is 31.2 Å². The normalized spacial score (nSPS) is 28.4. The van der Waals surface area contributed by atoms with E-state index in [2.05, 4.69) is 20.1 Å². The lowest BCUT2D eigenvalue weighted by Crippen LogP contribution is -2.57. The minimum Gasteiger partial charge on any atom is -0.465 e. The van der Waals surface area contributed by atoms with Crippen LogP contribution in [0.4, 0.5) is 5.69 Å². The first-order chi connectivity index (χ1) is 19.2. The van der Waals surface area contributed by atoms with Gasteiger partial charge in [0.2, 0.25) is 5.91 Å². The molecule has 0 aromatic heterocycles. The van der Waals surface area contributed by atoms with E-state index in [0.29, 0.717) is 39.0 Å². The van der Waals surface area contributed by atoms with Crippen molar-refractivity contribution < 1.29 is 24.2 Å². The monoisotopic (exact) mass is 568 g/mol. The van der Waals surface area contributed by atoms with Gasteiger partial charge in [-0.15, -0.1) is 24.9 Å². The van der Waals surface area contributed by atoms with Crippen LogP contribution in [0.3, 0.4) is 0 Å². The highest BCUT2D eigenvalue weighted by Gasteiger charge is 2.76. The molecule has 8 heteroatoms. The van der Waals surface area contributed by atoms with Crippen molar-refractivity contribution in [2.24, 2.45) is 17.8 Å². The van der Waals surface area contributed by atoms with E-state index in [1.54, 1.807) is 33.7 Å². The van der Waals surface area contributed by atoms with E-state index in [-0.39, 0.29) is 35.6 Å². The Morgan fingerprint density at radius 3 is 2.55 bits per heavy atom. The van der Waals surface area contributed by atoms with Crippen molar-refractivity contribution in [2.45, 2.75) is 75.3 Å². The second-order valence-corrected chi connectivity index (χ2v) is 13.0. The summed E-state index contributed by atoms with van der Waals surface area (Å²) in [7, 11) is 0. The van der Waals surface area contributed by atoms with E-state index in [1.807, 2.05) is 32.0 Å². The maximum Gasteiger partial charge on any atom is 0.310 e. The molecule has 0 radical (unpaired) electrons. The van der Waals surface area contributed by atoms with Crippen molar-refractivity contribution >= 4 is 35.2 Å².